The number of β-lactam (4-membered cyclic amide) rings is 1. The van der Waals surface area contributed by atoms with Gasteiger partial charge in [-0.2, -0.15) is 8.42 Å². The topological polar surface area (TPSA) is 219 Å². The number of carboxylic acid groups (broad SMARTS) is 1. The van der Waals surface area contributed by atoms with E-state index in [4.69, 9.17) is 15.3 Å². The van der Waals surface area contributed by atoms with Crippen molar-refractivity contribution in [2.75, 3.05) is 18.8 Å². The van der Waals surface area contributed by atoms with Gasteiger partial charge in [-0.1, -0.05) is 5.16 Å². The van der Waals surface area contributed by atoms with Crippen LogP contribution < -0.4 is 5.73 Å². The molecule has 0 spiro atoms. The number of rotatable bonds is 10. The third-order valence-corrected chi connectivity index (χ3v) is 6.93. The molecule has 0 unspecified atom stereocenters. The van der Waals surface area contributed by atoms with Crippen molar-refractivity contribution in [1.29, 1.82) is 0 Å². The third-order valence-electron chi connectivity index (χ3n) is 5.31. The number of Topliss-reactive ketones (excluding diaryl/α,β-unsaturated/α-hetero) is 1. The summed E-state index contributed by atoms with van der Waals surface area (Å²) in [4.78, 5) is 59.1. The largest absolute Gasteiger partial charge is 0.478 e. The Morgan fingerprint density at radius 2 is 2.06 bits per heavy atom. The number of anilines is 1. The van der Waals surface area contributed by atoms with Gasteiger partial charge in [0.15, 0.2) is 16.6 Å². The van der Waals surface area contributed by atoms with Gasteiger partial charge in [-0.3, -0.25) is 14.1 Å². The lowest BCUT2D eigenvalue weighted by Gasteiger charge is -2.45. The number of aliphatic carboxylic acids is 1. The number of nitrogen functional groups attached to an aromatic ring is 1. The minimum absolute atomic E-state index is 0.0365. The van der Waals surface area contributed by atoms with Gasteiger partial charge in [-0.25, -0.2) is 18.9 Å². The summed E-state index contributed by atoms with van der Waals surface area (Å²) >= 11 is 0.971. The number of hydrogen-bond acceptors (Lipinski definition) is 12. The molecule has 2 aliphatic rings. The summed E-state index contributed by atoms with van der Waals surface area (Å²) in [5.41, 5.74) is 3.34. The van der Waals surface area contributed by atoms with Crippen molar-refractivity contribution in [1.82, 2.24) is 14.2 Å². The van der Waals surface area contributed by atoms with Gasteiger partial charge in [0, 0.05) is 18.3 Å². The van der Waals surface area contributed by atoms with Crippen LogP contribution in [0.4, 0.5) is 9.93 Å². The van der Waals surface area contributed by atoms with E-state index in [1.54, 1.807) is 6.92 Å². The Morgan fingerprint density at radius 1 is 1.40 bits per heavy atom. The molecule has 0 radical (unpaired) electrons. The van der Waals surface area contributed by atoms with E-state index in [1.807, 2.05) is 0 Å². The van der Waals surface area contributed by atoms with Gasteiger partial charge in [-0.15, -0.1) is 11.3 Å². The summed E-state index contributed by atoms with van der Waals surface area (Å²) in [6.07, 6.45) is -1.80. The number of thiazole rings is 1. The van der Waals surface area contributed by atoms with Crippen LogP contribution in [0.2, 0.25) is 0 Å². The monoisotopic (exact) mass is 533 g/mol. The molecule has 2 aliphatic heterocycles. The predicted molar refractivity (Wildman–Crippen MR) is 119 cm³/mol. The van der Waals surface area contributed by atoms with E-state index < -0.39 is 69.9 Å². The van der Waals surface area contributed by atoms with E-state index in [2.05, 4.69) is 10.1 Å². The van der Waals surface area contributed by atoms with Crippen molar-refractivity contribution in [2.45, 2.75) is 44.9 Å². The van der Waals surface area contributed by atoms with Crippen LogP contribution in [0.5, 0.6) is 0 Å². The number of cyclic esters (lactones) is 1. The van der Waals surface area contributed by atoms with E-state index in [0.717, 1.165) is 16.2 Å². The third kappa shape index (κ3) is 5.51. The van der Waals surface area contributed by atoms with E-state index in [1.165, 1.54) is 19.2 Å². The number of ether oxygens (including phenoxy) is 1. The molecule has 0 bridgehead atoms. The fourth-order valence-corrected chi connectivity index (χ4v) is 4.92. The molecule has 192 valence electrons. The molecule has 15 nitrogen and oxygen atoms in total. The van der Waals surface area contributed by atoms with Gasteiger partial charge in [0.1, 0.15) is 11.8 Å². The van der Waals surface area contributed by atoms with Crippen molar-refractivity contribution in [2.24, 2.45) is 11.1 Å². The Hall–Kier alpha value is -3.31. The molecule has 2 fully saturated rings. The maximum atomic E-state index is 13.1. The van der Waals surface area contributed by atoms with Gasteiger partial charge < -0.3 is 25.3 Å². The molecule has 2 amide bonds. The lowest BCUT2D eigenvalue weighted by atomic mass is 9.84. The Bertz CT molecular complexity index is 1190. The first kappa shape index (κ1) is 26.3. The molecule has 1 aromatic rings. The van der Waals surface area contributed by atoms with Gasteiger partial charge in [0.2, 0.25) is 11.5 Å². The zero-order chi connectivity index (χ0) is 26.3. The lowest BCUT2D eigenvalue weighted by Crippen LogP contribution is -2.66. The second kappa shape index (κ2) is 9.38. The quantitative estimate of drug-likeness (QED) is 0.153. The second-order valence-corrected chi connectivity index (χ2v) is 10.6. The van der Waals surface area contributed by atoms with Crippen molar-refractivity contribution in [3.8, 4) is 0 Å². The van der Waals surface area contributed by atoms with Crippen LogP contribution >= 0.6 is 11.3 Å². The van der Waals surface area contributed by atoms with E-state index in [9.17, 15) is 37.3 Å². The first-order chi connectivity index (χ1) is 16.1. The van der Waals surface area contributed by atoms with Crippen molar-refractivity contribution >= 4 is 56.2 Å². The number of nitrogens with two attached hydrogens (primary N) is 1. The average Bonchev–Trinajstić information content (AvgIpc) is 3.29. The summed E-state index contributed by atoms with van der Waals surface area (Å²) in [6, 6.07) is -1.25. The first-order valence-corrected chi connectivity index (χ1v) is 12.4. The Balaban J connectivity index is 1.87. The minimum Gasteiger partial charge on any atom is -0.478 e. The maximum Gasteiger partial charge on any atom is 0.410 e. The Labute approximate surface area is 203 Å². The van der Waals surface area contributed by atoms with Crippen LogP contribution in [0.3, 0.4) is 0 Å². The van der Waals surface area contributed by atoms with Crippen molar-refractivity contribution in [3.63, 3.8) is 0 Å². The molecule has 1 aromatic heterocycles. The molecule has 4 N–H and O–H groups in total. The molecule has 3 rings (SSSR count). The number of hydrogen-bond donors (Lipinski definition) is 3. The Kier molecular flexibility index (Phi) is 7.05. The minimum atomic E-state index is -4.97. The summed E-state index contributed by atoms with van der Waals surface area (Å²) in [7, 11) is -4.97. The molecular weight excluding hydrogens is 510 g/mol. The van der Waals surface area contributed by atoms with Crippen LogP contribution in [0, 0.1) is 5.92 Å². The lowest BCUT2D eigenvalue weighted by molar-refractivity contribution is -0.161. The highest BCUT2D eigenvalue weighted by atomic mass is 32.2. The van der Waals surface area contributed by atoms with Crippen LogP contribution in [-0.2, 0) is 34.3 Å². The fourth-order valence-electron chi connectivity index (χ4n) is 3.46. The zero-order valence-electron chi connectivity index (χ0n) is 18.8. The number of ketones is 1. The van der Waals surface area contributed by atoms with Gasteiger partial charge in [0.05, 0.1) is 18.5 Å². The van der Waals surface area contributed by atoms with Gasteiger partial charge >= 0.3 is 22.4 Å². The number of carboxylic acids is 1. The SMILES string of the molecule is C[C@@H]1CN(C[C@@H]2[C@H](CC(=O)/C(=N\OC(C)(C)C(=O)O)c3csc(N)n3)C(=O)N2S(=O)(=O)O)C(=O)O1. The summed E-state index contributed by atoms with van der Waals surface area (Å²) in [5, 5.41) is 14.3. The normalized spacial score (nSPS) is 23.2. The molecule has 0 aromatic carbocycles. The number of amides is 2. The highest BCUT2D eigenvalue weighted by Crippen LogP contribution is 2.34. The number of aromatic nitrogens is 1. The summed E-state index contributed by atoms with van der Waals surface area (Å²) < 4.78 is 38.1. The highest BCUT2D eigenvalue weighted by molar-refractivity contribution is 7.84. The summed E-state index contributed by atoms with van der Waals surface area (Å²) in [6.45, 7) is 3.81. The van der Waals surface area contributed by atoms with Crippen LogP contribution in [0.25, 0.3) is 0 Å². The van der Waals surface area contributed by atoms with E-state index in [0.29, 0.717) is 0 Å². The number of carbonyl (C=O) groups is 4. The second-order valence-electron chi connectivity index (χ2n) is 8.43. The molecule has 2 saturated heterocycles. The molecular formula is C18H23N5O10S2. The van der Waals surface area contributed by atoms with E-state index in [-0.39, 0.29) is 28.2 Å². The number of nitrogens with zero attached hydrogens (tertiary/aromatic N) is 4. The average molecular weight is 534 g/mol. The van der Waals surface area contributed by atoms with Crippen LogP contribution in [0.1, 0.15) is 32.9 Å². The standard InChI is InChI=1S/C18H23N5O10S2/c1-8-5-22(17(28)32-8)6-11-9(14(25)23(11)35(29,30)31)4-12(24)13(10-7-34-16(19)20-10)21-33-18(2,3)15(26)27/h7-9,11H,4-6H2,1-3H3,(H2,19,20)(H,26,27)(H,29,30,31)/b21-13-/t8-,9+,11-/m1/s1. The number of oxime groups is 1. The molecule has 0 saturated carbocycles. The smallest absolute Gasteiger partial charge is 0.410 e. The van der Waals surface area contributed by atoms with Crippen LogP contribution in [-0.4, -0.2) is 92.6 Å². The molecule has 35 heavy (non-hydrogen) atoms. The van der Waals surface area contributed by atoms with E-state index >= 15 is 0 Å². The Morgan fingerprint density at radius 3 is 2.54 bits per heavy atom. The zero-order valence-corrected chi connectivity index (χ0v) is 20.4. The number of carbonyl (C=O) groups excluding carboxylic acids is 3. The first-order valence-electron chi connectivity index (χ1n) is 10.1. The fraction of sp³-hybridized carbons (Fsp3) is 0.556. The van der Waals surface area contributed by atoms with Crippen LogP contribution in [0.15, 0.2) is 10.5 Å². The van der Waals surface area contributed by atoms with Gasteiger partial charge in [-0.05, 0) is 20.8 Å². The van der Waals surface area contributed by atoms with Crippen molar-refractivity contribution < 1.29 is 46.8 Å². The predicted octanol–water partition coefficient (Wildman–Crippen LogP) is -0.261. The maximum absolute atomic E-state index is 13.1. The van der Waals surface area contributed by atoms with Gasteiger partial charge in [0.25, 0.3) is 0 Å². The highest BCUT2D eigenvalue weighted by Gasteiger charge is 2.55. The molecule has 3 heterocycles. The van der Waals surface area contributed by atoms with Crippen molar-refractivity contribution in [3.05, 3.63) is 11.1 Å². The molecule has 0 aliphatic carbocycles. The molecule has 3 atom stereocenters. The molecule has 17 heteroatoms. The summed E-state index contributed by atoms with van der Waals surface area (Å²) in [5.74, 6) is -4.50.